The summed E-state index contributed by atoms with van der Waals surface area (Å²) in [7, 11) is 0. The number of amidine groups is 2. The van der Waals surface area contributed by atoms with E-state index in [1.807, 2.05) is 61.8 Å². The van der Waals surface area contributed by atoms with E-state index in [0.29, 0.717) is 22.3 Å². The maximum Gasteiger partial charge on any atom is 0.283 e. The Labute approximate surface area is 182 Å². The molecule has 7 heteroatoms. The molecule has 0 bridgehead atoms. The van der Waals surface area contributed by atoms with E-state index in [1.165, 1.54) is 11.8 Å². The summed E-state index contributed by atoms with van der Waals surface area (Å²) in [5, 5.41) is 10.8. The third kappa shape index (κ3) is 3.28. The van der Waals surface area contributed by atoms with E-state index in [9.17, 15) is 4.79 Å². The van der Waals surface area contributed by atoms with E-state index in [2.05, 4.69) is 15.6 Å². The lowest BCUT2D eigenvalue weighted by atomic mass is 10.1. The van der Waals surface area contributed by atoms with Crippen molar-refractivity contribution in [2.75, 3.05) is 0 Å². The van der Waals surface area contributed by atoms with Crippen LogP contribution in [-0.4, -0.2) is 26.4 Å². The van der Waals surface area contributed by atoms with Crippen molar-refractivity contribution in [3.63, 3.8) is 0 Å². The number of aliphatic imine (C=N–C) groups is 1. The predicted molar refractivity (Wildman–Crippen MR) is 124 cm³/mol. The second-order valence-corrected chi connectivity index (χ2v) is 8.82. The van der Waals surface area contributed by atoms with Crippen LogP contribution in [-0.2, 0) is 11.3 Å². The molecule has 148 valence electrons. The van der Waals surface area contributed by atoms with Gasteiger partial charge in [-0.2, -0.15) is 4.99 Å². The smallest absolute Gasteiger partial charge is 0.283 e. The van der Waals surface area contributed by atoms with Gasteiger partial charge in [-0.1, -0.05) is 53.7 Å². The number of carbonyl (C=O) groups excluding carboxylic acids is 1. The van der Waals surface area contributed by atoms with Crippen LogP contribution in [0.1, 0.15) is 18.1 Å². The predicted octanol–water partition coefficient (Wildman–Crippen LogP) is 5.51. The van der Waals surface area contributed by atoms with Gasteiger partial charge in [0.1, 0.15) is 5.84 Å². The minimum Gasteiger partial charge on any atom is -0.342 e. The topological polar surface area (TPSA) is 61.5 Å². The lowest BCUT2D eigenvalue weighted by molar-refractivity contribution is -0.114. The third-order valence-electron chi connectivity index (χ3n) is 5.08. The van der Waals surface area contributed by atoms with Gasteiger partial charge in [-0.3, -0.25) is 15.1 Å². The normalized spacial score (nSPS) is 17.5. The average Bonchev–Trinajstić information content (AvgIpc) is 3.27. The lowest BCUT2D eigenvalue weighted by Gasteiger charge is -2.22. The van der Waals surface area contributed by atoms with Gasteiger partial charge in [0.05, 0.1) is 5.57 Å². The van der Waals surface area contributed by atoms with Crippen molar-refractivity contribution in [1.82, 2.24) is 9.47 Å². The molecule has 30 heavy (non-hydrogen) atoms. The second-order valence-electron chi connectivity index (χ2n) is 7.17. The monoisotopic (exact) mass is 432 g/mol. The van der Waals surface area contributed by atoms with Crippen LogP contribution >= 0.6 is 23.4 Å². The molecule has 0 radical (unpaired) electrons. The standard InChI is InChI=1S/C23H17ClN4OS/c1-14-11-28-21(25)19(22(29)26-23(28)30-14)10-16-13-27(20-5-3-2-4-18(16)20)12-15-6-8-17(24)9-7-15/h2-11,13,25H,12H2,1H3/b19-10-,25-21?. The number of hydrogen-bond donors (Lipinski definition) is 1. The minimum atomic E-state index is -0.378. The Hall–Kier alpha value is -3.09. The molecule has 1 aromatic heterocycles. The number of fused-ring (bicyclic) bond motifs is 2. The highest BCUT2D eigenvalue weighted by atomic mass is 35.5. The summed E-state index contributed by atoms with van der Waals surface area (Å²) >= 11 is 7.42. The Morgan fingerprint density at radius 3 is 2.73 bits per heavy atom. The van der Waals surface area contributed by atoms with E-state index >= 15 is 0 Å². The summed E-state index contributed by atoms with van der Waals surface area (Å²) in [5.41, 5.74) is 3.37. The van der Waals surface area contributed by atoms with Gasteiger partial charge in [0.25, 0.3) is 5.91 Å². The Morgan fingerprint density at radius 2 is 1.93 bits per heavy atom. The fourth-order valence-corrected chi connectivity index (χ4v) is 4.61. The van der Waals surface area contributed by atoms with Gasteiger partial charge in [0, 0.05) is 45.3 Å². The molecule has 2 aliphatic heterocycles. The van der Waals surface area contributed by atoms with Gasteiger partial charge in [-0.05, 0) is 36.8 Å². The van der Waals surface area contributed by atoms with Crippen molar-refractivity contribution in [3.05, 3.63) is 87.6 Å². The van der Waals surface area contributed by atoms with Gasteiger partial charge in [0.2, 0.25) is 0 Å². The average molecular weight is 433 g/mol. The van der Waals surface area contributed by atoms with Crippen molar-refractivity contribution in [2.45, 2.75) is 13.5 Å². The van der Waals surface area contributed by atoms with Crippen molar-refractivity contribution in [3.8, 4) is 0 Å². The lowest BCUT2D eigenvalue weighted by Crippen LogP contribution is -2.35. The number of amides is 1. The van der Waals surface area contributed by atoms with Crippen molar-refractivity contribution >= 4 is 57.3 Å². The molecule has 1 amide bonds. The Balaban J connectivity index is 1.57. The van der Waals surface area contributed by atoms with Crippen LogP contribution in [0.4, 0.5) is 0 Å². The zero-order valence-corrected chi connectivity index (χ0v) is 17.7. The molecule has 5 rings (SSSR count). The number of nitrogens with zero attached hydrogens (tertiary/aromatic N) is 3. The van der Waals surface area contributed by atoms with E-state index in [0.717, 1.165) is 26.9 Å². The third-order valence-corrected chi connectivity index (χ3v) is 6.23. The molecular weight excluding hydrogens is 416 g/mol. The molecular formula is C23H17ClN4OS. The maximum absolute atomic E-state index is 12.6. The first-order chi connectivity index (χ1) is 14.5. The number of allylic oxidation sites excluding steroid dienone is 1. The SMILES string of the molecule is CC1=CN2C(=N)/C(=C/c3cn(Cc4ccc(Cl)cc4)c4ccccc34)C(=O)N=C2S1. The zero-order valence-electron chi connectivity index (χ0n) is 16.1. The number of carbonyl (C=O) groups is 1. The highest BCUT2D eigenvalue weighted by Gasteiger charge is 2.33. The van der Waals surface area contributed by atoms with Crippen LogP contribution in [0, 0.1) is 5.41 Å². The van der Waals surface area contributed by atoms with E-state index in [4.69, 9.17) is 17.0 Å². The van der Waals surface area contributed by atoms with E-state index in [1.54, 1.807) is 11.0 Å². The summed E-state index contributed by atoms with van der Waals surface area (Å²) in [6, 6.07) is 15.8. The fraction of sp³-hybridized carbons (Fsp3) is 0.0870. The molecule has 0 atom stereocenters. The highest BCUT2D eigenvalue weighted by molar-refractivity contribution is 8.17. The number of aromatic nitrogens is 1. The van der Waals surface area contributed by atoms with Gasteiger partial charge >= 0.3 is 0 Å². The van der Waals surface area contributed by atoms with Gasteiger partial charge in [0.15, 0.2) is 5.17 Å². The highest BCUT2D eigenvalue weighted by Crippen LogP contribution is 2.33. The number of benzene rings is 2. The molecule has 0 fully saturated rings. The molecule has 0 aliphatic carbocycles. The first-order valence-electron chi connectivity index (χ1n) is 9.41. The number of para-hydroxylation sites is 1. The molecule has 2 aliphatic rings. The molecule has 0 unspecified atom stereocenters. The van der Waals surface area contributed by atoms with Crippen LogP contribution < -0.4 is 0 Å². The first kappa shape index (κ1) is 18.9. The fourth-order valence-electron chi connectivity index (χ4n) is 3.66. The molecule has 5 nitrogen and oxygen atoms in total. The van der Waals surface area contributed by atoms with Crippen LogP contribution in [0.15, 0.2) is 76.4 Å². The largest absolute Gasteiger partial charge is 0.342 e. The number of nitrogens with one attached hydrogen (secondary N) is 1. The molecule has 2 aromatic carbocycles. The summed E-state index contributed by atoms with van der Waals surface area (Å²) in [6.07, 6.45) is 5.64. The maximum atomic E-state index is 12.6. The quantitative estimate of drug-likeness (QED) is 0.555. The molecule has 1 N–H and O–H groups in total. The Morgan fingerprint density at radius 1 is 1.17 bits per heavy atom. The van der Waals surface area contributed by atoms with Crippen LogP contribution in [0.25, 0.3) is 17.0 Å². The molecule has 0 saturated carbocycles. The summed E-state index contributed by atoms with van der Waals surface area (Å²) in [4.78, 5) is 19.5. The Kier molecular flexibility index (Phi) is 4.60. The zero-order chi connectivity index (χ0) is 20.8. The summed E-state index contributed by atoms with van der Waals surface area (Å²) in [6.45, 7) is 2.62. The number of hydrogen-bond acceptors (Lipinski definition) is 3. The number of thioether (sulfide) groups is 1. The molecule has 0 saturated heterocycles. The van der Waals surface area contributed by atoms with Crippen molar-refractivity contribution in [1.29, 1.82) is 5.41 Å². The van der Waals surface area contributed by atoms with Crippen LogP contribution in [0.2, 0.25) is 5.02 Å². The van der Waals surface area contributed by atoms with Gasteiger partial charge in [-0.15, -0.1) is 0 Å². The minimum absolute atomic E-state index is 0.156. The van der Waals surface area contributed by atoms with Gasteiger partial charge < -0.3 is 4.57 Å². The summed E-state index contributed by atoms with van der Waals surface area (Å²) in [5.74, 6) is -0.222. The summed E-state index contributed by atoms with van der Waals surface area (Å²) < 4.78 is 2.15. The molecule has 3 heterocycles. The first-order valence-corrected chi connectivity index (χ1v) is 10.6. The second kappa shape index (κ2) is 7.31. The molecule has 3 aromatic rings. The van der Waals surface area contributed by atoms with Crippen LogP contribution in [0.5, 0.6) is 0 Å². The van der Waals surface area contributed by atoms with E-state index in [-0.39, 0.29) is 11.7 Å². The van der Waals surface area contributed by atoms with Gasteiger partial charge in [-0.25, -0.2) is 0 Å². The van der Waals surface area contributed by atoms with Crippen LogP contribution in [0.3, 0.4) is 0 Å². The Bertz CT molecular complexity index is 1300. The van der Waals surface area contributed by atoms with Crippen molar-refractivity contribution < 1.29 is 4.79 Å². The van der Waals surface area contributed by atoms with Crippen molar-refractivity contribution in [2.24, 2.45) is 4.99 Å². The number of rotatable bonds is 3. The number of halogens is 1. The molecule has 0 spiro atoms. The van der Waals surface area contributed by atoms with E-state index < -0.39 is 0 Å².